The normalized spacial score (nSPS) is 39.3. The van der Waals surface area contributed by atoms with Gasteiger partial charge in [0.05, 0.1) is 17.8 Å². The van der Waals surface area contributed by atoms with Crippen molar-refractivity contribution in [3.63, 3.8) is 0 Å². The average molecular weight is 463 g/mol. The van der Waals surface area contributed by atoms with Gasteiger partial charge in [0.2, 0.25) is 0 Å². The number of allylic oxidation sites excluding steroid dienone is 1. The summed E-state index contributed by atoms with van der Waals surface area (Å²) in [5, 5.41) is 9.62. The molecular weight excluding hydrogens is 420 g/mol. The van der Waals surface area contributed by atoms with E-state index in [0.717, 1.165) is 84.1 Å². The molecule has 4 saturated heterocycles. The van der Waals surface area contributed by atoms with Crippen LogP contribution in [-0.4, -0.2) is 89.3 Å². The van der Waals surface area contributed by atoms with Gasteiger partial charge in [-0.2, -0.15) is 0 Å². The van der Waals surface area contributed by atoms with Crippen LogP contribution in [0, 0.1) is 5.92 Å². The van der Waals surface area contributed by atoms with Crippen molar-refractivity contribution < 1.29 is 24.1 Å². The average Bonchev–Trinajstić information content (AvgIpc) is 3.64. The zero-order valence-electron chi connectivity index (χ0n) is 20.6. The second-order valence-electron chi connectivity index (χ2n) is 11.6. The summed E-state index contributed by atoms with van der Waals surface area (Å²) in [5.74, 6) is 0.582. The van der Waals surface area contributed by atoms with E-state index in [-0.39, 0.29) is 41.7 Å². The zero-order chi connectivity index (χ0) is 23.2. The van der Waals surface area contributed by atoms with E-state index in [0.29, 0.717) is 5.92 Å². The van der Waals surface area contributed by atoms with Crippen molar-refractivity contribution in [2.24, 2.45) is 5.92 Å². The maximum Gasteiger partial charge on any atom is 0.410 e. The molecule has 0 aromatic carbocycles. The van der Waals surface area contributed by atoms with Crippen molar-refractivity contribution in [1.29, 1.82) is 0 Å². The summed E-state index contributed by atoms with van der Waals surface area (Å²) in [5.41, 5.74) is 1.14. The molecule has 5 fully saturated rings. The maximum absolute atomic E-state index is 12.6. The Bertz CT molecular complexity index is 746. The van der Waals surface area contributed by atoms with Crippen LogP contribution in [0.3, 0.4) is 0 Å². The first-order chi connectivity index (χ1) is 15.8. The van der Waals surface area contributed by atoms with Gasteiger partial charge in [-0.3, -0.25) is 0 Å². The van der Waals surface area contributed by atoms with E-state index in [1.165, 1.54) is 5.57 Å². The van der Waals surface area contributed by atoms with E-state index in [2.05, 4.69) is 31.7 Å². The van der Waals surface area contributed by atoms with Crippen molar-refractivity contribution in [3.05, 3.63) is 11.6 Å². The topological polar surface area (TPSA) is 78.1 Å². The van der Waals surface area contributed by atoms with Crippen LogP contribution in [0.4, 0.5) is 4.79 Å². The molecule has 1 amide bonds. The molecule has 4 heterocycles. The van der Waals surface area contributed by atoms with Gasteiger partial charge in [-0.25, -0.2) is 4.79 Å². The number of likely N-dealkylation sites (tertiary alicyclic amines) is 2. The third-order valence-electron chi connectivity index (χ3n) is 8.68. The molecular formula is C26H42N2O5. The lowest BCUT2D eigenvalue weighted by molar-refractivity contribution is 0.00363. The van der Waals surface area contributed by atoms with E-state index in [1.807, 2.05) is 4.90 Å². The molecule has 1 unspecified atom stereocenters. The molecule has 7 heteroatoms. The third kappa shape index (κ3) is 5.12. The van der Waals surface area contributed by atoms with Crippen molar-refractivity contribution in [1.82, 2.24) is 9.80 Å². The smallest absolute Gasteiger partial charge is 0.410 e. The predicted octanol–water partition coefficient (Wildman–Crippen LogP) is 3.50. The van der Waals surface area contributed by atoms with Gasteiger partial charge in [0.15, 0.2) is 0 Å². The molecule has 1 saturated carbocycles. The maximum atomic E-state index is 12.6. The number of piperidine rings is 1. The Morgan fingerprint density at radius 1 is 1.12 bits per heavy atom. The molecule has 0 radical (unpaired) electrons. The number of hydrogen-bond donors (Lipinski definition) is 1. The van der Waals surface area contributed by atoms with Crippen molar-refractivity contribution in [3.8, 4) is 0 Å². The summed E-state index contributed by atoms with van der Waals surface area (Å²) in [4.78, 5) is 16.9. The summed E-state index contributed by atoms with van der Waals surface area (Å²) >= 11 is 0. The Hall–Kier alpha value is -1.15. The summed E-state index contributed by atoms with van der Waals surface area (Å²) in [6, 6.07) is 0. The monoisotopic (exact) mass is 462 g/mol. The van der Waals surface area contributed by atoms with E-state index in [9.17, 15) is 9.90 Å². The van der Waals surface area contributed by atoms with Crippen LogP contribution in [0.15, 0.2) is 11.6 Å². The number of epoxide rings is 2. The SMILES string of the molecule is CC(C)=CC[C@H]1O[C@@]1(C)C1OC12CCC(OC(=O)N1CC(CCN3CCC(O)CC3)C1)CC2. The number of aliphatic hydroxyl groups excluding tert-OH is 1. The lowest BCUT2D eigenvalue weighted by Gasteiger charge is -2.41. The number of carbonyl (C=O) groups is 1. The van der Waals surface area contributed by atoms with Gasteiger partial charge in [-0.1, -0.05) is 11.6 Å². The first kappa shape index (κ1) is 23.6. The van der Waals surface area contributed by atoms with E-state index < -0.39 is 0 Å². The van der Waals surface area contributed by atoms with Crippen molar-refractivity contribution in [2.75, 3.05) is 32.7 Å². The molecule has 5 aliphatic rings. The Morgan fingerprint density at radius 3 is 2.48 bits per heavy atom. The zero-order valence-corrected chi connectivity index (χ0v) is 20.6. The van der Waals surface area contributed by atoms with Gasteiger partial charge in [0.25, 0.3) is 0 Å². The van der Waals surface area contributed by atoms with Crippen LogP contribution in [0.5, 0.6) is 0 Å². The number of rotatable bonds is 7. The highest BCUT2D eigenvalue weighted by molar-refractivity contribution is 5.68. The molecule has 1 spiro atoms. The van der Waals surface area contributed by atoms with Crippen LogP contribution in [0.25, 0.3) is 0 Å². The molecule has 0 bridgehead atoms. The minimum atomic E-state index is -0.143. The van der Waals surface area contributed by atoms with E-state index >= 15 is 0 Å². The molecule has 0 aromatic heterocycles. The summed E-state index contributed by atoms with van der Waals surface area (Å²) < 4.78 is 18.1. The van der Waals surface area contributed by atoms with Gasteiger partial charge in [-0.15, -0.1) is 0 Å². The van der Waals surface area contributed by atoms with Crippen LogP contribution in [0.2, 0.25) is 0 Å². The molecule has 7 nitrogen and oxygen atoms in total. The molecule has 1 aliphatic carbocycles. The Labute approximate surface area is 198 Å². The van der Waals surface area contributed by atoms with E-state index in [1.54, 1.807) is 0 Å². The van der Waals surface area contributed by atoms with Gasteiger partial charge < -0.3 is 29.1 Å². The minimum absolute atomic E-state index is 0.0150. The van der Waals surface area contributed by atoms with Gasteiger partial charge >= 0.3 is 6.09 Å². The lowest BCUT2D eigenvalue weighted by atomic mass is 9.80. The molecule has 0 aromatic rings. The number of ether oxygens (including phenoxy) is 3. The highest BCUT2D eigenvalue weighted by Crippen LogP contribution is 2.60. The molecule has 1 N–H and O–H groups in total. The first-order valence-electron chi connectivity index (χ1n) is 13.1. The number of aliphatic hydroxyl groups is 1. The summed E-state index contributed by atoms with van der Waals surface area (Å²) in [7, 11) is 0. The predicted molar refractivity (Wildman–Crippen MR) is 125 cm³/mol. The Balaban J connectivity index is 0.974. The van der Waals surface area contributed by atoms with E-state index in [4.69, 9.17) is 14.2 Å². The molecule has 4 aliphatic heterocycles. The van der Waals surface area contributed by atoms with Crippen LogP contribution in [0.1, 0.15) is 72.1 Å². The number of carbonyl (C=O) groups excluding carboxylic acids is 1. The lowest BCUT2D eigenvalue weighted by Crippen LogP contribution is -2.52. The fourth-order valence-electron chi connectivity index (χ4n) is 6.17. The molecule has 3 atom stereocenters. The van der Waals surface area contributed by atoms with Gasteiger partial charge in [0.1, 0.15) is 17.8 Å². The quantitative estimate of drug-likeness (QED) is 0.461. The van der Waals surface area contributed by atoms with Gasteiger partial charge in [-0.05, 0) is 84.6 Å². The number of hydrogen-bond acceptors (Lipinski definition) is 6. The highest BCUT2D eigenvalue weighted by atomic mass is 16.7. The Morgan fingerprint density at radius 2 is 1.82 bits per heavy atom. The van der Waals surface area contributed by atoms with Crippen LogP contribution in [-0.2, 0) is 14.2 Å². The second kappa shape index (κ2) is 9.14. The number of nitrogens with zero attached hydrogens (tertiary/aromatic N) is 2. The molecule has 5 rings (SSSR count). The Kier molecular flexibility index (Phi) is 6.53. The largest absolute Gasteiger partial charge is 0.446 e. The fourth-order valence-corrected chi connectivity index (χ4v) is 6.17. The van der Waals surface area contributed by atoms with Crippen LogP contribution >= 0.6 is 0 Å². The van der Waals surface area contributed by atoms with Gasteiger partial charge in [0, 0.05) is 26.2 Å². The standard InChI is InChI=1S/C26H42N2O5/c1-18(2)4-5-22-25(3,32-22)23-26(33-23)11-6-21(7-12-26)31-24(30)28-16-19(17-28)8-13-27-14-9-20(29)10-15-27/h4,19-23,29H,5-17H2,1-3H3/t21?,22-,23?,25-,26?/m1/s1. The third-order valence-corrected chi connectivity index (χ3v) is 8.68. The van der Waals surface area contributed by atoms with Crippen LogP contribution < -0.4 is 0 Å². The minimum Gasteiger partial charge on any atom is -0.446 e. The first-order valence-corrected chi connectivity index (χ1v) is 13.1. The van der Waals surface area contributed by atoms with Crippen molar-refractivity contribution >= 4 is 6.09 Å². The highest BCUT2D eigenvalue weighted by Gasteiger charge is 2.73. The van der Waals surface area contributed by atoms with Crippen molar-refractivity contribution in [2.45, 2.75) is 108 Å². The second-order valence-corrected chi connectivity index (χ2v) is 11.6. The fraction of sp³-hybridized carbons (Fsp3) is 0.885. The summed E-state index contributed by atoms with van der Waals surface area (Å²) in [6.45, 7) is 11.1. The molecule has 186 valence electrons. The molecule has 33 heavy (non-hydrogen) atoms. The summed E-state index contributed by atoms with van der Waals surface area (Å²) in [6.07, 6.45) is 10.0. The number of amides is 1.